The fraction of sp³-hybridized carbons (Fsp3) is 0.526. The number of ether oxygens (including phenoxy) is 2. The van der Waals surface area contributed by atoms with E-state index >= 15 is 0 Å². The zero-order chi connectivity index (χ0) is 17.0. The van der Waals surface area contributed by atoms with Gasteiger partial charge < -0.3 is 9.47 Å². The van der Waals surface area contributed by atoms with Gasteiger partial charge in [-0.05, 0) is 49.8 Å². The minimum atomic E-state index is -0.364. The summed E-state index contributed by atoms with van der Waals surface area (Å²) < 4.78 is 11.3. The van der Waals surface area contributed by atoms with E-state index in [9.17, 15) is 10.1 Å². The quantitative estimate of drug-likeness (QED) is 0.629. The number of nitriles is 1. The summed E-state index contributed by atoms with van der Waals surface area (Å²) >= 11 is 0. The Kier molecular flexibility index (Phi) is 4.96. The molecule has 1 saturated heterocycles. The zero-order valence-corrected chi connectivity index (χ0v) is 14.0. The SMILES string of the molecule is CC(=O)OC/C(C#N)=C1\CCOC2(CCCC2c2ccccn2)C1. The van der Waals surface area contributed by atoms with E-state index in [1.807, 2.05) is 18.3 Å². The summed E-state index contributed by atoms with van der Waals surface area (Å²) in [5, 5.41) is 9.45. The molecule has 0 N–H and O–H groups in total. The zero-order valence-electron chi connectivity index (χ0n) is 14.0. The average molecular weight is 326 g/mol. The van der Waals surface area contributed by atoms with Gasteiger partial charge in [0.15, 0.2) is 0 Å². The molecule has 2 unspecified atom stereocenters. The van der Waals surface area contributed by atoms with E-state index in [0.717, 1.165) is 43.4 Å². The van der Waals surface area contributed by atoms with Crippen LogP contribution in [-0.4, -0.2) is 29.8 Å². The molecule has 126 valence electrons. The van der Waals surface area contributed by atoms with E-state index in [0.29, 0.717) is 12.2 Å². The first-order chi connectivity index (χ1) is 11.6. The van der Waals surface area contributed by atoms with Crippen LogP contribution >= 0.6 is 0 Å². The van der Waals surface area contributed by atoms with Gasteiger partial charge in [0.25, 0.3) is 0 Å². The van der Waals surface area contributed by atoms with Gasteiger partial charge in [-0.25, -0.2) is 0 Å². The number of esters is 1. The number of hydrogen-bond donors (Lipinski definition) is 0. The molecule has 1 aliphatic carbocycles. The molecule has 0 radical (unpaired) electrons. The topological polar surface area (TPSA) is 72.2 Å². The van der Waals surface area contributed by atoms with Crippen molar-refractivity contribution < 1.29 is 14.3 Å². The second-order valence-electron chi connectivity index (χ2n) is 6.51. The van der Waals surface area contributed by atoms with Crippen LogP contribution in [0.2, 0.25) is 0 Å². The van der Waals surface area contributed by atoms with E-state index in [4.69, 9.17) is 9.47 Å². The van der Waals surface area contributed by atoms with Gasteiger partial charge in [-0.15, -0.1) is 0 Å². The summed E-state index contributed by atoms with van der Waals surface area (Å²) in [4.78, 5) is 15.6. The van der Waals surface area contributed by atoms with Crippen molar-refractivity contribution >= 4 is 5.97 Å². The molecular weight excluding hydrogens is 304 g/mol. The lowest BCUT2D eigenvalue weighted by Gasteiger charge is -2.40. The fourth-order valence-corrected chi connectivity index (χ4v) is 3.95. The molecule has 3 rings (SSSR count). The molecule has 1 aromatic rings. The highest BCUT2D eigenvalue weighted by Crippen LogP contribution is 2.50. The van der Waals surface area contributed by atoms with Crippen LogP contribution in [-0.2, 0) is 14.3 Å². The summed E-state index contributed by atoms with van der Waals surface area (Å²) in [5.74, 6) is -0.111. The predicted octanol–water partition coefficient (Wildman–Crippen LogP) is 3.28. The number of hydrogen-bond acceptors (Lipinski definition) is 5. The first kappa shape index (κ1) is 16.7. The van der Waals surface area contributed by atoms with Crippen molar-refractivity contribution in [2.75, 3.05) is 13.2 Å². The van der Waals surface area contributed by atoms with Gasteiger partial charge in [0.1, 0.15) is 6.61 Å². The van der Waals surface area contributed by atoms with Gasteiger partial charge in [0, 0.05) is 24.7 Å². The molecule has 1 spiro atoms. The molecule has 2 fully saturated rings. The third-order valence-corrected chi connectivity index (χ3v) is 5.06. The summed E-state index contributed by atoms with van der Waals surface area (Å²) in [6, 6.07) is 8.21. The monoisotopic (exact) mass is 326 g/mol. The maximum Gasteiger partial charge on any atom is 0.302 e. The van der Waals surface area contributed by atoms with E-state index < -0.39 is 0 Å². The second-order valence-corrected chi connectivity index (χ2v) is 6.51. The van der Waals surface area contributed by atoms with Crippen molar-refractivity contribution in [3.63, 3.8) is 0 Å². The van der Waals surface area contributed by atoms with Gasteiger partial charge in [-0.2, -0.15) is 5.26 Å². The first-order valence-electron chi connectivity index (χ1n) is 8.44. The molecular formula is C19H22N2O3. The van der Waals surface area contributed by atoms with E-state index in [1.165, 1.54) is 6.92 Å². The third kappa shape index (κ3) is 3.34. The normalized spacial score (nSPS) is 28.4. The number of nitrogens with zero attached hydrogens (tertiary/aromatic N) is 2. The molecule has 2 aliphatic rings. The Bertz CT molecular complexity index is 678. The van der Waals surface area contributed by atoms with E-state index in [2.05, 4.69) is 17.1 Å². The van der Waals surface area contributed by atoms with Crippen LogP contribution in [0.1, 0.15) is 50.6 Å². The Morgan fingerprint density at radius 3 is 3.12 bits per heavy atom. The van der Waals surface area contributed by atoms with Crippen molar-refractivity contribution in [1.82, 2.24) is 4.98 Å². The van der Waals surface area contributed by atoms with Crippen LogP contribution in [0.15, 0.2) is 35.5 Å². The first-order valence-corrected chi connectivity index (χ1v) is 8.44. The number of rotatable bonds is 3. The maximum absolute atomic E-state index is 11.0. The molecule has 1 saturated carbocycles. The predicted molar refractivity (Wildman–Crippen MR) is 88.0 cm³/mol. The van der Waals surface area contributed by atoms with Crippen molar-refractivity contribution in [3.8, 4) is 6.07 Å². The Balaban J connectivity index is 1.86. The number of aromatic nitrogens is 1. The molecule has 5 nitrogen and oxygen atoms in total. The van der Waals surface area contributed by atoms with Gasteiger partial charge >= 0.3 is 5.97 Å². The average Bonchev–Trinajstić information content (AvgIpc) is 2.99. The Morgan fingerprint density at radius 1 is 1.54 bits per heavy atom. The smallest absolute Gasteiger partial charge is 0.302 e. The lowest BCUT2D eigenvalue weighted by molar-refractivity contribution is -0.139. The molecule has 2 heterocycles. The van der Waals surface area contributed by atoms with Gasteiger partial charge in [0.2, 0.25) is 0 Å². The Labute approximate surface area is 142 Å². The Morgan fingerprint density at radius 2 is 2.42 bits per heavy atom. The molecule has 0 aromatic carbocycles. The highest BCUT2D eigenvalue weighted by Gasteiger charge is 2.47. The minimum Gasteiger partial charge on any atom is -0.460 e. The summed E-state index contributed by atoms with van der Waals surface area (Å²) in [5.41, 5.74) is 2.42. The van der Waals surface area contributed by atoms with Crippen molar-refractivity contribution in [1.29, 1.82) is 5.26 Å². The molecule has 0 bridgehead atoms. The van der Waals surface area contributed by atoms with E-state index in [-0.39, 0.29) is 24.1 Å². The molecule has 24 heavy (non-hydrogen) atoms. The molecule has 2 atom stereocenters. The Hall–Kier alpha value is -2.19. The van der Waals surface area contributed by atoms with Gasteiger partial charge in [0.05, 0.1) is 23.9 Å². The lowest BCUT2D eigenvalue weighted by Crippen LogP contribution is -2.40. The highest BCUT2D eigenvalue weighted by molar-refractivity contribution is 5.66. The van der Waals surface area contributed by atoms with Crippen LogP contribution in [0.3, 0.4) is 0 Å². The fourth-order valence-electron chi connectivity index (χ4n) is 3.95. The summed E-state index contributed by atoms with van der Waals surface area (Å²) in [6.07, 6.45) is 6.39. The lowest BCUT2D eigenvalue weighted by atomic mass is 9.79. The third-order valence-electron chi connectivity index (χ3n) is 5.06. The number of pyridine rings is 1. The molecule has 5 heteroatoms. The van der Waals surface area contributed by atoms with Crippen molar-refractivity contribution in [2.24, 2.45) is 0 Å². The van der Waals surface area contributed by atoms with Crippen LogP contribution in [0.5, 0.6) is 0 Å². The van der Waals surface area contributed by atoms with E-state index in [1.54, 1.807) is 0 Å². The van der Waals surface area contributed by atoms with Crippen LogP contribution in [0, 0.1) is 11.3 Å². The largest absolute Gasteiger partial charge is 0.460 e. The molecule has 1 aliphatic heterocycles. The standard InChI is InChI=1S/C19H22N2O3/c1-14(22)23-13-16(12-20)15-7-10-24-19(11-15)8-4-5-17(19)18-6-2-3-9-21-18/h2-3,6,9,17H,4-5,7-8,10-11,13H2,1H3/b16-15+. The number of carbonyl (C=O) groups excluding carboxylic acids is 1. The summed E-state index contributed by atoms with van der Waals surface area (Å²) in [6.45, 7) is 2.02. The number of carbonyl (C=O) groups is 1. The maximum atomic E-state index is 11.0. The van der Waals surface area contributed by atoms with Crippen molar-refractivity contribution in [2.45, 2.75) is 50.5 Å². The van der Waals surface area contributed by atoms with Crippen LogP contribution in [0.25, 0.3) is 0 Å². The van der Waals surface area contributed by atoms with Gasteiger partial charge in [-0.1, -0.05) is 6.07 Å². The van der Waals surface area contributed by atoms with Crippen LogP contribution < -0.4 is 0 Å². The molecule has 1 aromatic heterocycles. The second kappa shape index (κ2) is 7.14. The van der Waals surface area contributed by atoms with Gasteiger partial charge in [-0.3, -0.25) is 9.78 Å². The molecule has 0 amide bonds. The van der Waals surface area contributed by atoms with Crippen LogP contribution in [0.4, 0.5) is 0 Å². The highest BCUT2D eigenvalue weighted by atomic mass is 16.5. The summed E-state index contributed by atoms with van der Waals surface area (Å²) in [7, 11) is 0. The minimum absolute atomic E-state index is 0.0610. The van der Waals surface area contributed by atoms with Crippen molar-refractivity contribution in [3.05, 3.63) is 41.2 Å².